The van der Waals surface area contributed by atoms with Gasteiger partial charge in [-0.15, -0.1) is 0 Å². The summed E-state index contributed by atoms with van der Waals surface area (Å²) in [6.07, 6.45) is -0.00116. The number of hydrogen-bond donors (Lipinski definition) is 2. The monoisotopic (exact) mass is 150 g/mol. The summed E-state index contributed by atoms with van der Waals surface area (Å²) < 4.78 is 20.6. The van der Waals surface area contributed by atoms with Gasteiger partial charge in [0.05, 0.1) is 6.42 Å². The number of primary sulfonamides is 1. The Morgan fingerprint density at radius 1 is 1.67 bits per heavy atom. The number of hydrogen-bond acceptors (Lipinski definition) is 3. The minimum atomic E-state index is -3.53. The van der Waals surface area contributed by atoms with Crippen molar-refractivity contribution in [2.24, 2.45) is 5.14 Å². The zero-order valence-electron chi connectivity index (χ0n) is 4.49. The molecular formula is C3H6N2O3S. The minimum Gasteiger partial charge on any atom is -0.338 e. The van der Waals surface area contributed by atoms with Gasteiger partial charge in [0.1, 0.15) is 0 Å². The molecule has 52 valence electrons. The molecule has 6 heteroatoms. The van der Waals surface area contributed by atoms with Crippen LogP contribution in [0, 0.1) is 0 Å². The summed E-state index contributed by atoms with van der Waals surface area (Å²) in [6, 6.07) is 0. The van der Waals surface area contributed by atoms with Gasteiger partial charge in [0.25, 0.3) is 0 Å². The van der Waals surface area contributed by atoms with E-state index in [1.165, 1.54) is 0 Å². The predicted octanol–water partition coefficient (Wildman–Crippen LogP) is -1.88. The first kappa shape index (κ1) is 6.50. The molecule has 1 aliphatic rings. The molecule has 0 radical (unpaired) electrons. The maximum Gasteiger partial charge on any atom is 0.230 e. The van der Waals surface area contributed by atoms with Crippen molar-refractivity contribution in [2.75, 3.05) is 0 Å². The highest BCUT2D eigenvalue weighted by molar-refractivity contribution is 7.89. The topological polar surface area (TPSA) is 89.3 Å². The maximum absolute atomic E-state index is 10.3. The van der Waals surface area contributed by atoms with Crippen molar-refractivity contribution in [3.63, 3.8) is 0 Å². The third kappa shape index (κ3) is 1.19. The summed E-state index contributed by atoms with van der Waals surface area (Å²) in [5.41, 5.74) is 0. The standard InChI is InChI=1S/C3H6N2O3S/c4-9(7,8)3-1-2(6)5-3/h3H,1H2,(H,5,6)(H2,4,7,8). The molecule has 1 heterocycles. The first-order valence-corrected chi connectivity index (χ1v) is 3.92. The number of rotatable bonds is 1. The Hall–Kier alpha value is -0.620. The molecule has 0 bridgehead atoms. The molecule has 0 aliphatic carbocycles. The van der Waals surface area contributed by atoms with Crippen LogP contribution in [0.25, 0.3) is 0 Å². The largest absolute Gasteiger partial charge is 0.338 e. The fourth-order valence-electron chi connectivity index (χ4n) is 0.525. The van der Waals surface area contributed by atoms with Crippen molar-refractivity contribution >= 4 is 15.9 Å². The average molecular weight is 150 g/mol. The number of amides is 1. The molecule has 0 aromatic rings. The lowest BCUT2D eigenvalue weighted by molar-refractivity contribution is -0.126. The summed E-state index contributed by atoms with van der Waals surface area (Å²) in [7, 11) is -3.53. The van der Waals surface area contributed by atoms with Gasteiger partial charge < -0.3 is 5.32 Å². The first-order chi connectivity index (χ1) is 4.00. The molecule has 0 aromatic carbocycles. The molecule has 1 amide bonds. The molecule has 0 saturated carbocycles. The van der Waals surface area contributed by atoms with Gasteiger partial charge in [-0.1, -0.05) is 0 Å². The van der Waals surface area contributed by atoms with Gasteiger partial charge in [0, 0.05) is 0 Å². The zero-order valence-corrected chi connectivity index (χ0v) is 5.31. The number of β-lactam (4-membered cyclic amide) rings is 1. The minimum absolute atomic E-state index is 0.00116. The van der Waals surface area contributed by atoms with E-state index in [-0.39, 0.29) is 12.3 Å². The second kappa shape index (κ2) is 1.68. The predicted molar refractivity (Wildman–Crippen MR) is 29.7 cm³/mol. The molecule has 1 unspecified atom stereocenters. The molecule has 5 nitrogen and oxygen atoms in total. The Morgan fingerprint density at radius 3 is 2.22 bits per heavy atom. The smallest absolute Gasteiger partial charge is 0.230 e. The number of nitrogens with one attached hydrogen (secondary N) is 1. The van der Waals surface area contributed by atoms with Gasteiger partial charge in [-0.25, -0.2) is 13.6 Å². The van der Waals surface area contributed by atoms with E-state index in [4.69, 9.17) is 0 Å². The SMILES string of the molecule is NS(=O)(=O)C1CC(=O)N1. The van der Waals surface area contributed by atoms with Crippen LogP contribution >= 0.6 is 0 Å². The first-order valence-electron chi connectivity index (χ1n) is 2.31. The van der Waals surface area contributed by atoms with E-state index in [1.807, 2.05) is 0 Å². The summed E-state index contributed by atoms with van der Waals surface area (Å²) >= 11 is 0. The van der Waals surface area contributed by atoms with Crippen molar-refractivity contribution in [3.8, 4) is 0 Å². The van der Waals surface area contributed by atoms with E-state index in [9.17, 15) is 13.2 Å². The Kier molecular flexibility index (Phi) is 1.21. The van der Waals surface area contributed by atoms with Crippen LogP contribution in [-0.2, 0) is 14.8 Å². The van der Waals surface area contributed by atoms with Crippen LogP contribution in [0.2, 0.25) is 0 Å². The molecule has 1 rings (SSSR count). The summed E-state index contributed by atoms with van der Waals surface area (Å²) in [6.45, 7) is 0. The van der Waals surface area contributed by atoms with E-state index in [0.717, 1.165) is 0 Å². The average Bonchev–Trinajstić information content (AvgIpc) is 1.55. The van der Waals surface area contributed by atoms with Gasteiger partial charge in [0.15, 0.2) is 5.37 Å². The number of nitrogens with two attached hydrogens (primary N) is 1. The third-order valence-electron chi connectivity index (χ3n) is 1.09. The van der Waals surface area contributed by atoms with Crippen LogP contribution in [0.15, 0.2) is 0 Å². The molecule has 1 atom stereocenters. The number of sulfonamides is 1. The molecule has 0 spiro atoms. The van der Waals surface area contributed by atoms with Gasteiger partial charge >= 0.3 is 0 Å². The van der Waals surface area contributed by atoms with Gasteiger partial charge in [-0.2, -0.15) is 0 Å². The number of carbonyl (C=O) groups is 1. The highest BCUT2D eigenvalue weighted by Crippen LogP contribution is 2.07. The Labute approximate surface area is 52.3 Å². The highest BCUT2D eigenvalue weighted by Gasteiger charge is 2.34. The fraction of sp³-hybridized carbons (Fsp3) is 0.667. The van der Waals surface area contributed by atoms with Gasteiger partial charge in [-0.05, 0) is 0 Å². The second-order valence-corrected chi connectivity index (χ2v) is 3.60. The quantitative estimate of drug-likeness (QED) is 0.429. The van der Waals surface area contributed by atoms with Crippen LogP contribution in [0.4, 0.5) is 0 Å². The van der Waals surface area contributed by atoms with Crippen LogP contribution in [0.5, 0.6) is 0 Å². The van der Waals surface area contributed by atoms with E-state index < -0.39 is 15.4 Å². The Balaban J connectivity index is 2.61. The lowest BCUT2D eigenvalue weighted by atomic mass is 10.3. The summed E-state index contributed by atoms with van der Waals surface area (Å²) in [4.78, 5) is 10.1. The molecule has 3 N–H and O–H groups in total. The lowest BCUT2D eigenvalue weighted by Crippen LogP contribution is -2.55. The second-order valence-electron chi connectivity index (χ2n) is 1.85. The van der Waals surface area contributed by atoms with Crippen molar-refractivity contribution in [1.82, 2.24) is 5.32 Å². The molecule has 1 fully saturated rings. The normalized spacial score (nSPS) is 26.8. The summed E-state index contributed by atoms with van der Waals surface area (Å²) in [5.74, 6) is -0.269. The zero-order chi connectivity index (χ0) is 7.07. The van der Waals surface area contributed by atoms with Crippen LogP contribution in [0.1, 0.15) is 6.42 Å². The fourth-order valence-corrected chi connectivity index (χ4v) is 1.20. The van der Waals surface area contributed by atoms with Crippen molar-refractivity contribution in [2.45, 2.75) is 11.8 Å². The van der Waals surface area contributed by atoms with E-state index in [2.05, 4.69) is 10.5 Å². The van der Waals surface area contributed by atoms with E-state index >= 15 is 0 Å². The van der Waals surface area contributed by atoms with E-state index in [0.29, 0.717) is 0 Å². The van der Waals surface area contributed by atoms with Crippen LogP contribution in [0.3, 0.4) is 0 Å². The molecule has 1 saturated heterocycles. The lowest BCUT2D eigenvalue weighted by Gasteiger charge is -2.23. The molecule has 9 heavy (non-hydrogen) atoms. The highest BCUT2D eigenvalue weighted by atomic mass is 32.2. The third-order valence-corrected chi connectivity index (χ3v) is 2.17. The summed E-state index contributed by atoms with van der Waals surface area (Å²) in [5, 5.41) is 5.95. The van der Waals surface area contributed by atoms with Crippen molar-refractivity contribution in [1.29, 1.82) is 0 Å². The van der Waals surface area contributed by atoms with Crippen molar-refractivity contribution in [3.05, 3.63) is 0 Å². The Bertz CT molecular complexity index is 223. The number of carbonyl (C=O) groups excluding carboxylic acids is 1. The van der Waals surface area contributed by atoms with Gasteiger partial charge in [0.2, 0.25) is 15.9 Å². The Morgan fingerprint density at radius 2 is 2.11 bits per heavy atom. The van der Waals surface area contributed by atoms with Crippen molar-refractivity contribution < 1.29 is 13.2 Å². The van der Waals surface area contributed by atoms with E-state index in [1.54, 1.807) is 0 Å². The molecule has 1 aliphatic heterocycles. The maximum atomic E-state index is 10.3. The molecule has 0 aromatic heterocycles. The van der Waals surface area contributed by atoms with Crippen LogP contribution < -0.4 is 10.5 Å². The van der Waals surface area contributed by atoms with Crippen LogP contribution in [-0.4, -0.2) is 19.7 Å². The van der Waals surface area contributed by atoms with Gasteiger partial charge in [-0.3, -0.25) is 4.79 Å². The molecular weight excluding hydrogens is 144 g/mol.